The first-order chi connectivity index (χ1) is 8.22. The van der Waals surface area contributed by atoms with E-state index in [-0.39, 0.29) is 12.1 Å². The second-order valence-electron chi connectivity index (χ2n) is 3.35. The monoisotopic (exact) mass is 240 g/mol. The number of hydrogen-bond acceptors (Lipinski definition) is 5. The zero-order valence-corrected chi connectivity index (χ0v) is 9.99. The van der Waals surface area contributed by atoms with Crippen LogP contribution in [-0.2, 0) is 14.3 Å². The van der Waals surface area contributed by atoms with Crippen molar-refractivity contribution in [1.29, 1.82) is 0 Å². The molecule has 5 nitrogen and oxygen atoms in total. The molecular formula is C12H20N2O3. The van der Waals surface area contributed by atoms with Crippen LogP contribution in [0.25, 0.3) is 0 Å². The molecule has 17 heavy (non-hydrogen) atoms. The highest BCUT2D eigenvalue weighted by Crippen LogP contribution is 1.97. The van der Waals surface area contributed by atoms with Gasteiger partial charge in [0.1, 0.15) is 0 Å². The molecule has 4 N–H and O–H groups in total. The smallest absolute Gasteiger partial charge is 0.292 e. The summed E-state index contributed by atoms with van der Waals surface area (Å²) in [6, 6.07) is 12.1. The molecular weight excluding hydrogens is 220 g/mol. The van der Waals surface area contributed by atoms with Crippen LogP contribution >= 0.6 is 0 Å². The minimum Gasteiger partial charge on any atom is -0.471 e. The molecule has 0 bridgehead atoms. The van der Waals surface area contributed by atoms with Crippen molar-refractivity contribution in [1.82, 2.24) is 0 Å². The molecule has 5 heteroatoms. The van der Waals surface area contributed by atoms with E-state index in [1.165, 1.54) is 7.11 Å². The molecule has 2 atom stereocenters. The first-order valence-corrected chi connectivity index (χ1v) is 5.27. The summed E-state index contributed by atoms with van der Waals surface area (Å²) in [5.74, 6) is 0. The van der Waals surface area contributed by atoms with Gasteiger partial charge in [0.05, 0.1) is 20.3 Å². The van der Waals surface area contributed by atoms with Crippen LogP contribution in [0.15, 0.2) is 36.4 Å². The number of hydrogen-bond donors (Lipinski definition) is 2. The van der Waals surface area contributed by atoms with Gasteiger partial charge in [-0.25, -0.2) is 0 Å². The van der Waals surface area contributed by atoms with Crippen molar-refractivity contribution >= 4 is 6.47 Å². The van der Waals surface area contributed by atoms with Gasteiger partial charge in [-0.15, -0.1) is 0 Å². The first kappa shape index (κ1) is 15.6. The Labute approximate surface area is 102 Å². The lowest BCUT2D eigenvalue weighted by Gasteiger charge is -2.02. The van der Waals surface area contributed by atoms with E-state index in [9.17, 15) is 0 Å². The molecule has 2 unspecified atom stereocenters. The highest BCUT2D eigenvalue weighted by molar-refractivity contribution is 5.36. The minimum absolute atomic E-state index is 0.0694. The number of carbonyl (C=O) groups excluding carboxylic acids is 1. The minimum atomic E-state index is 0.0694. The Morgan fingerprint density at radius 1 is 1.06 bits per heavy atom. The SMILES string of the molecule is COC=O.NC1COCC1N.c1ccccc1. The Morgan fingerprint density at radius 3 is 1.47 bits per heavy atom. The number of benzene rings is 1. The second-order valence-corrected chi connectivity index (χ2v) is 3.35. The molecule has 1 heterocycles. The zero-order valence-electron chi connectivity index (χ0n) is 9.99. The van der Waals surface area contributed by atoms with Gasteiger partial charge in [-0.05, 0) is 0 Å². The standard InChI is InChI=1S/C6H6.C4H10N2O.C2H4O2/c1-2-4-6-5-3-1;5-3-1-7-2-4(3)6;1-4-2-3/h1-6H;3-4H,1-2,5-6H2;2H,1H3. The molecule has 0 amide bonds. The Morgan fingerprint density at radius 2 is 1.35 bits per heavy atom. The van der Waals surface area contributed by atoms with E-state index in [1.807, 2.05) is 36.4 Å². The Kier molecular flexibility index (Phi) is 10.1. The molecule has 1 aromatic rings. The maximum atomic E-state index is 8.95. The third kappa shape index (κ3) is 9.50. The second kappa shape index (κ2) is 11.1. The fourth-order valence-corrected chi connectivity index (χ4v) is 0.972. The zero-order chi connectivity index (χ0) is 12.9. The normalized spacial score (nSPS) is 21.4. The average Bonchev–Trinajstić information content (AvgIpc) is 2.77. The topological polar surface area (TPSA) is 87.6 Å². The van der Waals surface area contributed by atoms with E-state index in [4.69, 9.17) is 21.0 Å². The van der Waals surface area contributed by atoms with E-state index in [1.54, 1.807) is 0 Å². The molecule has 0 aromatic heterocycles. The summed E-state index contributed by atoms with van der Waals surface area (Å²) in [5.41, 5.74) is 10.9. The molecule has 1 fully saturated rings. The maximum Gasteiger partial charge on any atom is 0.292 e. The van der Waals surface area contributed by atoms with Gasteiger partial charge in [-0.3, -0.25) is 4.79 Å². The van der Waals surface area contributed by atoms with Crippen molar-refractivity contribution in [3.05, 3.63) is 36.4 Å². The van der Waals surface area contributed by atoms with Crippen LogP contribution in [0.4, 0.5) is 0 Å². The highest BCUT2D eigenvalue weighted by atomic mass is 16.5. The van der Waals surface area contributed by atoms with Crippen molar-refractivity contribution in [3.63, 3.8) is 0 Å². The van der Waals surface area contributed by atoms with Crippen LogP contribution in [0.2, 0.25) is 0 Å². The molecule has 2 rings (SSSR count). The number of carbonyl (C=O) groups is 1. The summed E-state index contributed by atoms with van der Waals surface area (Å²) in [5, 5.41) is 0. The Balaban J connectivity index is 0.000000236. The Hall–Kier alpha value is -1.43. The molecule has 0 aliphatic carbocycles. The highest BCUT2D eigenvalue weighted by Gasteiger charge is 2.19. The molecule has 1 aromatic carbocycles. The van der Waals surface area contributed by atoms with Crippen molar-refractivity contribution in [2.45, 2.75) is 12.1 Å². The summed E-state index contributed by atoms with van der Waals surface area (Å²) in [6.07, 6.45) is 0. The van der Waals surface area contributed by atoms with Gasteiger partial charge in [0.25, 0.3) is 6.47 Å². The van der Waals surface area contributed by atoms with Crippen molar-refractivity contribution in [3.8, 4) is 0 Å². The number of methoxy groups -OCH3 is 1. The van der Waals surface area contributed by atoms with Crippen LogP contribution in [0.3, 0.4) is 0 Å². The largest absolute Gasteiger partial charge is 0.471 e. The van der Waals surface area contributed by atoms with Gasteiger partial charge in [0, 0.05) is 12.1 Å². The first-order valence-electron chi connectivity index (χ1n) is 5.27. The quantitative estimate of drug-likeness (QED) is 0.682. The molecule has 1 aliphatic heterocycles. The Bertz CT molecular complexity index is 235. The van der Waals surface area contributed by atoms with Gasteiger partial charge in [0.15, 0.2) is 0 Å². The lowest BCUT2D eigenvalue weighted by Crippen LogP contribution is -2.39. The summed E-state index contributed by atoms with van der Waals surface area (Å²) in [4.78, 5) is 8.95. The maximum absolute atomic E-state index is 8.95. The summed E-state index contributed by atoms with van der Waals surface area (Å²) < 4.78 is 8.78. The number of nitrogens with two attached hydrogens (primary N) is 2. The third-order valence-electron chi connectivity index (χ3n) is 1.93. The van der Waals surface area contributed by atoms with Crippen molar-refractivity contribution in [2.75, 3.05) is 20.3 Å². The van der Waals surface area contributed by atoms with E-state index in [0.717, 1.165) is 0 Å². The molecule has 1 saturated heterocycles. The van der Waals surface area contributed by atoms with Gasteiger partial charge in [-0.2, -0.15) is 0 Å². The molecule has 1 aliphatic rings. The van der Waals surface area contributed by atoms with E-state index >= 15 is 0 Å². The average molecular weight is 240 g/mol. The fraction of sp³-hybridized carbons (Fsp3) is 0.417. The van der Waals surface area contributed by atoms with Crippen molar-refractivity contribution in [2.24, 2.45) is 11.5 Å². The van der Waals surface area contributed by atoms with Crippen LogP contribution in [0.5, 0.6) is 0 Å². The summed E-state index contributed by atoms with van der Waals surface area (Å²) in [7, 11) is 1.31. The lowest BCUT2D eigenvalue weighted by atomic mass is 10.2. The van der Waals surface area contributed by atoms with Crippen molar-refractivity contribution < 1.29 is 14.3 Å². The predicted molar refractivity (Wildman–Crippen MR) is 66.3 cm³/mol. The van der Waals surface area contributed by atoms with Crippen LogP contribution in [0.1, 0.15) is 0 Å². The lowest BCUT2D eigenvalue weighted by molar-refractivity contribution is -0.126. The van der Waals surface area contributed by atoms with Crippen LogP contribution < -0.4 is 11.5 Å². The number of rotatable bonds is 1. The van der Waals surface area contributed by atoms with E-state index in [0.29, 0.717) is 19.7 Å². The van der Waals surface area contributed by atoms with Gasteiger partial charge in [0.2, 0.25) is 0 Å². The van der Waals surface area contributed by atoms with Gasteiger partial charge >= 0.3 is 0 Å². The summed E-state index contributed by atoms with van der Waals surface area (Å²) in [6.45, 7) is 1.63. The molecule has 96 valence electrons. The van der Waals surface area contributed by atoms with E-state index < -0.39 is 0 Å². The fourth-order valence-electron chi connectivity index (χ4n) is 0.972. The third-order valence-corrected chi connectivity index (χ3v) is 1.93. The molecule has 0 radical (unpaired) electrons. The van der Waals surface area contributed by atoms with E-state index in [2.05, 4.69) is 4.74 Å². The van der Waals surface area contributed by atoms with Gasteiger partial charge in [-0.1, -0.05) is 36.4 Å². The van der Waals surface area contributed by atoms with Crippen LogP contribution in [0, 0.1) is 0 Å². The van der Waals surface area contributed by atoms with Gasteiger partial charge < -0.3 is 20.9 Å². The number of ether oxygens (including phenoxy) is 2. The summed E-state index contributed by atoms with van der Waals surface area (Å²) >= 11 is 0. The predicted octanol–water partition coefficient (Wildman–Crippen LogP) is 0.147. The van der Waals surface area contributed by atoms with Crippen LogP contribution in [-0.4, -0.2) is 38.9 Å². The molecule has 0 spiro atoms. The molecule has 0 saturated carbocycles.